The number of pyridine rings is 1. The van der Waals surface area contributed by atoms with Gasteiger partial charge in [0, 0.05) is 11.7 Å². The molecule has 1 rings (SSSR count). The van der Waals surface area contributed by atoms with Gasteiger partial charge in [-0.3, -0.25) is 4.98 Å². The van der Waals surface area contributed by atoms with Crippen molar-refractivity contribution in [1.82, 2.24) is 4.98 Å². The predicted molar refractivity (Wildman–Crippen MR) is 60.1 cm³/mol. The van der Waals surface area contributed by atoms with Crippen molar-refractivity contribution in [2.24, 2.45) is 11.7 Å². The van der Waals surface area contributed by atoms with Crippen LogP contribution in [0.5, 0.6) is 0 Å². The van der Waals surface area contributed by atoms with Gasteiger partial charge in [0.1, 0.15) is 0 Å². The highest BCUT2D eigenvalue weighted by molar-refractivity contribution is 5.21. The molecule has 0 aromatic carbocycles. The summed E-state index contributed by atoms with van der Waals surface area (Å²) in [6, 6.07) is 4.21. The van der Waals surface area contributed by atoms with Crippen LogP contribution in [0.3, 0.4) is 0 Å². The number of nitrogens with zero attached hydrogens (tertiary/aromatic N) is 1. The van der Waals surface area contributed by atoms with Gasteiger partial charge in [-0.05, 0) is 37.8 Å². The van der Waals surface area contributed by atoms with E-state index in [1.54, 1.807) is 0 Å². The molecule has 0 aliphatic heterocycles. The number of aromatic nitrogens is 1. The third kappa shape index (κ3) is 2.81. The second-order valence-corrected chi connectivity index (χ2v) is 4.37. The smallest absolute Gasteiger partial charge is 0.0574 e. The minimum absolute atomic E-state index is 0.0781. The maximum absolute atomic E-state index is 6.05. The molecule has 2 nitrogen and oxygen atoms in total. The van der Waals surface area contributed by atoms with E-state index in [0.29, 0.717) is 5.92 Å². The summed E-state index contributed by atoms with van der Waals surface area (Å²) < 4.78 is 0. The molecule has 0 fully saturated rings. The average Bonchev–Trinajstić information content (AvgIpc) is 2.08. The Balaban J connectivity index is 2.80. The van der Waals surface area contributed by atoms with Gasteiger partial charge in [-0.25, -0.2) is 0 Å². The summed E-state index contributed by atoms with van der Waals surface area (Å²) in [5.41, 5.74) is 9.38. The van der Waals surface area contributed by atoms with Crippen LogP contribution >= 0.6 is 0 Å². The molecule has 0 radical (unpaired) electrons. The number of hydrogen-bond donors (Lipinski definition) is 1. The average molecular weight is 192 g/mol. The normalized spacial score (nSPS) is 13.3. The Kier molecular flexibility index (Phi) is 3.64. The summed E-state index contributed by atoms with van der Waals surface area (Å²) in [6.07, 6.45) is 0.996. The van der Waals surface area contributed by atoms with E-state index >= 15 is 0 Å². The van der Waals surface area contributed by atoms with Crippen molar-refractivity contribution in [2.45, 2.75) is 40.2 Å². The lowest BCUT2D eigenvalue weighted by atomic mass is 10.0. The van der Waals surface area contributed by atoms with Gasteiger partial charge in [0.05, 0.1) is 5.69 Å². The summed E-state index contributed by atoms with van der Waals surface area (Å²) in [7, 11) is 0. The molecule has 14 heavy (non-hydrogen) atoms. The van der Waals surface area contributed by atoms with Gasteiger partial charge in [0.2, 0.25) is 0 Å². The van der Waals surface area contributed by atoms with Crippen LogP contribution < -0.4 is 5.73 Å². The lowest BCUT2D eigenvalue weighted by Gasteiger charge is -2.14. The molecule has 1 aromatic heterocycles. The van der Waals surface area contributed by atoms with E-state index in [9.17, 15) is 0 Å². The monoisotopic (exact) mass is 192 g/mol. The van der Waals surface area contributed by atoms with E-state index in [2.05, 4.69) is 31.8 Å². The van der Waals surface area contributed by atoms with Crippen LogP contribution in [0.4, 0.5) is 0 Å². The standard InChI is InChI=1S/C12H20N2/c1-8(2)7-11(13)12-6-5-9(3)10(4)14-12/h5-6,8,11H,7,13H2,1-4H3. The lowest BCUT2D eigenvalue weighted by molar-refractivity contribution is 0.501. The van der Waals surface area contributed by atoms with Crippen LogP contribution in [-0.4, -0.2) is 4.98 Å². The van der Waals surface area contributed by atoms with Crippen LogP contribution in [0.2, 0.25) is 0 Å². The van der Waals surface area contributed by atoms with Crippen molar-refractivity contribution in [1.29, 1.82) is 0 Å². The second kappa shape index (κ2) is 4.56. The molecule has 78 valence electrons. The molecule has 0 saturated heterocycles. The quantitative estimate of drug-likeness (QED) is 0.799. The summed E-state index contributed by atoms with van der Waals surface area (Å²) in [6.45, 7) is 8.46. The maximum Gasteiger partial charge on any atom is 0.0574 e. The minimum atomic E-state index is 0.0781. The maximum atomic E-state index is 6.05. The van der Waals surface area contributed by atoms with Crippen molar-refractivity contribution in [2.75, 3.05) is 0 Å². The Morgan fingerprint density at radius 3 is 2.43 bits per heavy atom. The van der Waals surface area contributed by atoms with Gasteiger partial charge in [0.15, 0.2) is 0 Å². The lowest BCUT2D eigenvalue weighted by Crippen LogP contribution is -2.15. The summed E-state index contributed by atoms with van der Waals surface area (Å²) >= 11 is 0. The van der Waals surface area contributed by atoms with E-state index in [4.69, 9.17) is 5.73 Å². The Hall–Kier alpha value is -0.890. The molecule has 1 atom stereocenters. The molecule has 0 saturated carbocycles. The molecule has 0 aliphatic carbocycles. The number of aryl methyl sites for hydroxylation is 2. The zero-order valence-corrected chi connectivity index (χ0v) is 9.54. The summed E-state index contributed by atoms with van der Waals surface area (Å²) in [5.74, 6) is 0.619. The molecule has 0 aliphatic rings. The Bertz CT molecular complexity index is 305. The van der Waals surface area contributed by atoms with Gasteiger partial charge in [-0.2, -0.15) is 0 Å². The van der Waals surface area contributed by atoms with E-state index in [1.165, 1.54) is 5.56 Å². The van der Waals surface area contributed by atoms with E-state index < -0.39 is 0 Å². The minimum Gasteiger partial charge on any atom is -0.323 e. The first kappa shape index (κ1) is 11.2. The first-order chi connectivity index (χ1) is 6.50. The Labute approximate surface area is 86.5 Å². The van der Waals surface area contributed by atoms with E-state index in [-0.39, 0.29) is 6.04 Å². The van der Waals surface area contributed by atoms with Crippen LogP contribution in [0.1, 0.15) is 43.3 Å². The Morgan fingerprint density at radius 2 is 1.93 bits per heavy atom. The van der Waals surface area contributed by atoms with Gasteiger partial charge >= 0.3 is 0 Å². The SMILES string of the molecule is Cc1ccc(C(N)CC(C)C)nc1C. The molecule has 0 amide bonds. The molecule has 2 N–H and O–H groups in total. The summed E-state index contributed by atoms with van der Waals surface area (Å²) in [4.78, 5) is 4.50. The first-order valence-corrected chi connectivity index (χ1v) is 5.20. The van der Waals surface area contributed by atoms with Gasteiger partial charge < -0.3 is 5.73 Å². The fraction of sp³-hybridized carbons (Fsp3) is 0.583. The third-order valence-electron chi connectivity index (χ3n) is 2.48. The van der Waals surface area contributed by atoms with Crippen molar-refractivity contribution < 1.29 is 0 Å². The molecule has 0 bridgehead atoms. The highest BCUT2D eigenvalue weighted by atomic mass is 14.8. The topological polar surface area (TPSA) is 38.9 Å². The van der Waals surface area contributed by atoms with Crippen molar-refractivity contribution in [3.8, 4) is 0 Å². The molecule has 1 unspecified atom stereocenters. The van der Waals surface area contributed by atoms with Crippen LogP contribution in [0.15, 0.2) is 12.1 Å². The van der Waals surface area contributed by atoms with Gasteiger partial charge in [0.25, 0.3) is 0 Å². The molecule has 1 heterocycles. The zero-order valence-electron chi connectivity index (χ0n) is 9.54. The highest BCUT2D eigenvalue weighted by Gasteiger charge is 2.10. The first-order valence-electron chi connectivity index (χ1n) is 5.20. The second-order valence-electron chi connectivity index (χ2n) is 4.37. The summed E-state index contributed by atoms with van der Waals surface area (Å²) in [5, 5.41) is 0. The molecular formula is C12H20N2. The van der Waals surface area contributed by atoms with Crippen molar-refractivity contribution >= 4 is 0 Å². The van der Waals surface area contributed by atoms with Gasteiger partial charge in [-0.1, -0.05) is 19.9 Å². The van der Waals surface area contributed by atoms with Crippen LogP contribution in [-0.2, 0) is 0 Å². The Morgan fingerprint density at radius 1 is 1.29 bits per heavy atom. The fourth-order valence-corrected chi connectivity index (χ4v) is 1.49. The molecule has 1 aromatic rings. The third-order valence-corrected chi connectivity index (χ3v) is 2.48. The predicted octanol–water partition coefficient (Wildman–Crippen LogP) is 2.74. The number of rotatable bonds is 3. The number of nitrogens with two attached hydrogens (primary N) is 1. The molecule has 2 heteroatoms. The van der Waals surface area contributed by atoms with Crippen LogP contribution in [0, 0.1) is 19.8 Å². The molecular weight excluding hydrogens is 172 g/mol. The van der Waals surface area contributed by atoms with Gasteiger partial charge in [-0.15, -0.1) is 0 Å². The van der Waals surface area contributed by atoms with E-state index in [1.807, 2.05) is 13.0 Å². The van der Waals surface area contributed by atoms with Crippen LogP contribution in [0.25, 0.3) is 0 Å². The molecule has 0 spiro atoms. The largest absolute Gasteiger partial charge is 0.323 e. The highest BCUT2D eigenvalue weighted by Crippen LogP contribution is 2.17. The van der Waals surface area contributed by atoms with E-state index in [0.717, 1.165) is 17.8 Å². The zero-order chi connectivity index (χ0) is 10.7. The van der Waals surface area contributed by atoms with Crippen molar-refractivity contribution in [3.05, 3.63) is 29.1 Å². The number of hydrogen-bond acceptors (Lipinski definition) is 2. The fourth-order valence-electron chi connectivity index (χ4n) is 1.49. The van der Waals surface area contributed by atoms with Crippen molar-refractivity contribution in [3.63, 3.8) is 0 Å².